The number of rotatable bonds is 2. The van der Waals surface area contributed by atoms with Crippen LogP contribution < -0.4 is 4.90 Å². The van der Waals surface area contributed by atoms with Crippen LogP contribution in [0.25, 0.3) is 0 Å². The number of alkyl halides is 3. The first-order chi connectivity index (χ1) is 9.34. The van der Waals surface area contributed by atoms with Crippen molar-refractivity contribution in [2.24, 2.45) is 0 Å². The lowest BCUT2D eigenvalue weighted by molar-refractivity contribution is -0.209. The molecular weight excluding hydrogens is 293 g/mol. The highest BCUT2D eigenvalue weighted by Crippen LogP contribution is 2.35. The lowest BCUT2D eigenvalue weighted by Gasteiger charge is -2.31. The molecular formula is C13H12ClF3N2O. The molecule has 2 unspecified atom stereocenters. The summed E-state index contributed by atoms with van der Waals surface area (Å²) < 4.78 is 37.9. The van der Waals surface area contributed by atoms with E-state index in [1.807, 2.05) is 6.07 Å². The number of anilines is 1. The third-order valence-corrected chi connectivity index (χ3v) is 3.72. The fraction of sp³-hybridized carbons (Fsp3) is 0.462. The quantitative estimate of drug-likeness (QED) is 0.913. The van der Waals surface area contributed by atoms with Crippen molar-refractivity contribution in [1.82, 2.24) is 0 Å². The van der Waals surface area contributed by atoms with Gasteiger partial charge in [-0.2, -0.15) is 18.4 Å². The summed E-state index contributed by atoms with van der Waals surface area (Å²) in [5.74, 6) is 0. The number of nitrogens with zero attached hydrogens (tertiary/aromatic N) is 2. The van der Waals surface area contributed by atoms with E-state index in [0.29, 0.717) is 18.7 Å². The SMILES string of the molecule is N#Cc1ccc(N2CCCC2C(O)C(F)(F)F)cc1Cl. The predicted octanol–water partition coefficient (Wildman–Crippen LogP) is 3.10. The summed E-state index contributed by atoms with van der Waals surface area (Å²) >= 11 is 5.89. The number of benzene rings is 1. The van der Waals surface area contributed by atoms with Gasteiger partial charge in [-0.1, -0.05) is 11.6 Å². The molecule has 0 saturated carbocycles. The summed E-state index contributed by atoms with van der Waals surface area (Å²) in [6.45, 7) is 0.417. The van der Waals surface area contributed by atoms with Gasteiger partial charge in [0, 0.05) is 12.2 Å². The van der Waals surface area contributed by atoms with E-state index in [2.05, 4.69) is 0 Å². The number of hydrogen-bond acceptors (Lipinski definition) is 3. The molecule has 2 atom stereocenters. The minimum absolute atomic E-state index is 0.192. The standard InChI is InChI=1S/C13H12ClF3N2O/c14-10-6-9(4-3-8(10)7-18)19-5-1-2-11(19)12(20)13(15,16)17/h3-4,6,11-12,20H,1-2,5H2. The maximum Gasteiger partial charge on any atom is 0.416 e. The summed E-state index contributed by atoms with van der Waals surface area (Å²) in [4.78, 5) is 1.49. The third-order valence-electron chi connectivity index (χ3n) is 3.40. The zero-order valence-electron chi connectivity index (χ0n) is 10.4. The second kappa shape index (κ2) is 5.51. The Morgan fingerprint density at radius 3 is 2.70 bits per heavy atom. The Morgan fingerprint density at radius 2 is 2.15 bits per heavy atom. The van der Waals surface area contributed by atoms with Crippen molar-refractivity contribution in [3.63, 3.8) is 0 Å². The zero-order chi connectivity index (χ0) is 14.9. The van der Waals surface area contributed by atoms with Gasteiger partial charge in [0.2, 0.25) is 0 Å². The fourth-order valence-electron chi connectivity index (χ4n) is 2.43. The average Bonchev–Trinajstić information content (AvgIpc) is 2.85. The van der Waals surface area contributed by atoms with Gasteiger partial charge < -0.3 is 10.0 Å². The lowest BCUT2D eigenvalue weighted by Crippen LogP contribution is -2.47. The van der Waals surface area contributed by atoms with Crippen LogP contribution in [-0.4, -0.2) is 30.0 Å². The number of hydrogen-bond donors (Lipinski definition) is 1. The van der Waals surface area contributed by atoms with E-state index in [9.17, 15) is 18.3 Å². The number of aliphatic hydroxyl groups is 1. The van der Waals surface area contributed by atoms with Crippen LogP contribution >= 0.6 is 11.6 Å². The molecule has 7 heteroatoms. The third kappa shape index (κ3) is 2.84. The van der Waals surface area contributed by atoms with Gasteiger partial charge in [-0.3, -0.25) is 0 Å². The molecule has 0 aromatic heterocycles. The van der Waals surface area contributed by atoms with E-state index in [1.54, 1.807) is 6.07 Å². The van der Waals surface area contributed by atoms with Gasteiger partial charge in [0.1, 0.15) is 6.07 Å². The average molecular weight is 305 g/mol. The molecule has 0 aliphatic carbocycles. The molecule has 2 rings (SSSR count). The largest absolute Gasteiger partial charge is 0.416 e. The topological polar surface area (TPSA) is 47.3 Å². The molecule has 1 heterocycles. The summed E-state index contributed by atoms with van der Waals surface area (Å²) in [7, 11) is 0. The summed E-state index contributed by atoms with van der Waals surface area (Å²) in [6, 6.07) is 5.35. The fourth-order valence-corrected chi connectivity index (χ4v) is 2.65. The second-order valence-corrected chi connectivity index (χ2v) is 5.07. The van der Waals surface area contributed by atoms with Crippen LogP contribution in [0.15, 0.2) is 18.2 Å². The Balaban J connectivity index is 2.28. The van der Waals surface area contributed by atoms with Gasteiger partial charge in [-0.05, 0) is 31.0 Å². The monoisotopic (exact) mass is 304 g/mol. The van der Waals surface area contributed by atoms with Crippen LogP contribution in [-0.2, 0) is 0 Å². The van der Waals surface area contributed by atoms with Crippen molar-refractivity contribution in [2.45, 2.75) is 31.2 Å². The Labute approximate surface area is 119 Å². The van der Waals surface area contributed by atoms with E-state index < -0.39 is 18.3 Å². The van der Waals surface area contributed by atoms with Gasteiger partial charge in [-0.15, -0.1) is 0 Å². The van der Waals surface area contributed by atoms with E-state index in [-0.39, 0.29) is 17.0 Å². The Kier molecular flexibility index (Phi) is 4.11. The van der Waals surface area contributed by atoms with Gasteiger partial charge in [0.05, 0.1) is 16.6 Å². The molecule has 0 radical (unpaired) electrons. The molecule has 1 aromatic carbocycles. The van der Waals surface area contributed by atoms with Gasteiger partial charge >= 0.3 is 6.18 Å². The van der Waals surface area contributed by atoms with Crippen LogP contribution in [0.3, 0.4) is 0 Å². The Bertz CT molecular complexity index is 541. The van der Waals surface area contributed by atoms with E-state index in [4.69, 9.17) is 16.9 Å². The molecule has 20 heavy (non-hydrogen) atoms. The Morgan fingerprint density at radius 1 is 1.45 bits per heavy atom. The first kappa shape index (κ1) is 14.9. The number of halogens is 4. The number of aliphatic hydroxyl groups excluding tert-OH is 1. The molecule has 1 fully saturated rings. The number of nitriles is 1. The molecule has 1 aromatic rings. The first-order valence-electron chi connectivity index (χ1n) is 6.05. The second-order valence-electron chi connectivity index (χ2n) is 4.67. The van der Waals surface area contributed by atoms with E-state index >= 15 is 0 Å². The van der Waals surface area contributed by atoms with Crippen molar-refractivity contribution in [3.8, 4) is 6.07 Å². The molecule has 1 aliphatic rings. The van der Waals surface area contributed by atoms with Crippen molar-refractivity contribution >= 4 is 17.3 Å². The highest BCUT2D eigenvalue weighted by molar-refractivity contribution is 6.32. The van der Waals surface area contributed by atoms with Gasteiger partial charge in [0.25, 0.3) is 0 Å². The molecule has 1 aliphatic heterocycles. The van der Waals surface area contributed by atoms with Crippen molar-refractivity contribution < 1.29 is 18.3 Å². The van der Waals surface area contributed by atoms with Crippen LogP contribution in [0.4, 0.5) is 18.9 Å². The lowest BCUT2D eigenvalue weighted by atomic mass is 10.1. The maximum atomic E-state index is 12.6. The minimum atomic E-state index is -4.65. The molecule has 0 amide bonds. The zero-order valence-corrected chi connectivity index (χ0v) is 11.1. The van der Waals surface area contributed by atoms with Crippen LogP contribution in [0, 0.1) is 11.3 Å². The van der Waals surface area contributed by atoms with Crippen LogP contribution in [0.2, 0.25) is 5.02 Å². The molecule has 0 spiro atoms. The van der Waals surface area contributed by atoms with Crippen molar-refractivity contribution in [2.75, 3.05) is 11.4 Å². The Hall–Kier alpha value is -1.45. The van der Waals surface area contributed by atoms with E-state index in [0.717, 1.165) is 0 Å². The minimum Gasteiger partial charge on any atom is -0.382 e. The molecule has 1 saturated heterocycles. The predicted molar refractivity (Wildman–Crippen MR) is 68.6 cm³/mol. The van der Waals surface area contributed by atoms with Gasteiger partial charge in [-0.25, -0.2) is 0 Å². The molecule has 3 nitrogen and oxygen atoms in total. The van der Waals surface area contributed by atoms with Gasteiger partial charge in [0.15, 0.2) is 6.10 Å². The summed E-state index contributed by atoms with van der Waals surface area (Å²) in [5.41, 5.74) is 0.752. The first-order valence-corrected chi connectivity index (χ1v) is 6.43. The highest BCUT2D eigenvalue weighted by atomic mass is 35.5. The summed E-state index contributed by atoms with van der Waals surface area (Å²) in [6.07, 6.45) is -6.21. The highest BCUT2D eigenvalue weighted by Gasteiger charge is 2.47. The van der Waals surface area contributed by atoms with Crippen molar-refractivity contribution in [3.05, 3.63) is 28.8 Å². The summed E-state index contributed by atoms with van der Waals surface area (Å²) in [5, 5.41) is 18.4. The maximum absolute atomic E-state index is 12.6. The molecule has 108 valence electrons. The van der Waals surface area contributed by atoms with E-state index in [1.165, 1.54) is 17.0 Å². The van der Waals surface area contributed by atoms with Crippen LogP contribution in [0.5, 0.6) is 0 Å². The van der Waals surface area contributed by atoms with Crippen LogP contribution in [0.1, 0.15) is 18.4 Å². The molecule has 1 N–H and O–H groups in total. The normalized spacial score (nSPS) is 20.8. The van der Waals surface area contributed by atoms with Crippen molar-refractivity contribution in [1.29, 1.82) is 5.26 Å². The smallest absolute Gasteiger partial charge is 0.382 e. The molecule has 0 bridgehead atoms.